The minimum atomic E-state index is -1.05. The standard InChI is InChI=1S/C22H26N2O4/c1-12-19(14(3)25)13(2)23-20(12)21(26)24-18(22(27)28)11-16-9-6-8-15-7-4-5-10-17(15)16/h4-5,7,10,16,18,23H,6,8-9,11H2,1-3H3,(H,24,26)(H,27,28). The van der Waals surface area contributed by atoms with Crippen molar-refractivity contribution in [1.82, 2.24) is 10.3 Å². The quantitative estimate of drug-likeness (QED) is 0.666. The number of fused-ring (bicyclic) bond motifs is 1. The van der Waals surface area contributed by atoms with Crippen molar-refractivity contribution in [2.24, 2.45) is 0 Å². The summed E-state index contributed by atoms with van der Waals surface area (Å²) in [6.07, 6.45) is 3.27. The molecular formula is C22H26N2O4. The van der Waals surface area contributed by atoms with Crippen LogP contribution in [0.25, 0.3) is 0 Å². The Morgan fingerprint density at radius 1 is 1.25 bits per heavy atom. The first-order valence-corrected chi connectivity index (χ1v) is 9.61. The van der Waals surface area contributed by atoms with Gasteiger partial charge in [0.2, 0.25) is 0 Å². The van der Waals surface area contributed by atoms with E-state index in [-0.39, 0.29) is 17.4 Å². The second-order valence-electron chi connectivity index (χ2n) is 7.57. The molecule has 1 aromatic heterocycles. The Morgan fingerprint density at radius 3 is 2.61 bits per heavy atom. The van der Waals surface area contributed by atoms with Crippen LogP contribution in [0.4, 0.5) is 0 Å². The Morgan fingerprint density at radius 2 is 1.96 bits per heavy atom. The second kappa shape index (κ2) is 8.00. The van der Waals surface area contributed by atoms with Crippen molar-refractivity contribution >= 4 is 17.7 Å². The molecule has 2 atom stereocenters. The van der Waals surface area contributed by atoms with Gasteiger partial charge in [0, 0.05) is 11.3 Å². The molecule has 3 rings (SSSR count). The van der Waals surface area contributed by atoms with E-state index in [1.54, 1.807) is 13.8 Å². The van der Waals surface area contributed by atoms with Gasteiger partial charge in [-0.15, -0.1) is 0 Å². The topological polar surface area (TPSA) is 99.3 Å². The number of carboxylic acid groups (broad SMARTS) is 1. The number of amides is 1. The number of aliphatic carboxylic acids is 1. The summed E-state index contributed by atoms with van der Waals surface area (Å²) < 4.78 is 0. The van der Waals surface area contributed by atoms with Gasteiger partial charge in [0.05, 0.1) is 0 Å². The number of hydrogen-bond acceptors (Lipinski definition) is 3. The van der Waals surface area contributed by atoms with Crippen LogP contribution < -0.4 is 5.32 Å². The zero-order chi connectivity index (χ0) is 20.4. The van der Waals surface area contributed by atoms with E-state index in [9.17, 15) is 19.5 Å². The maximum absolute atomic E-state index is 12.7. The Kier molecular flexibility index (Phi) is 5.68. The van der Waals surface area contributed by atoms with Crippen LogP contribution in [0.1, 0.15) is 75.3 Å². The van der Waals surface area contributed by atoms with Gasteiger partial charge in [0.25, 0.3) is 5.91 Å². The lowest BCUT2D eigenvalue weighted by Crippen LogP contribution is -2.42. The van der Waals surface area contributed by atoms with Crippen LogP contribution in [0.3, 0.4) is 0 Å². The van der Waals surface area contributed by atoms with Crippen LogP contribution in [0.15, 0.2) is 24.3 Å². The highest BCUT2D eigenvalue weighted by atomic mass is 16.4. The summed E-state index contributed by atoms with van der Waals surface area (Å²) in [5, 5.41) is 12.3. The van der Waals surface area contributed by atoms with Crippen molar-refractivity contribution in [2.75, 3.05) is 0 Å². The molecule has 1 aromatic carbocycles. The van der Waals surface area contributed by atoms with Gasteiger partial charge < -0.3 is 15.4 Å². The normalized spacial score (nSPS) is 16.9. The summed E-state index contributed by atoms with van der Waals surface area (Å²) in [7, 11) is 0. The number of Topliss-reactive ketones (excluding diaryl/α,β-unsaturated/α-hetero) is 1. The number of carbonyl (C=O) groups is 3. The predicted octanol–water partition coefficient (Wildman–Crippen LogP) is 3.53. The summed E-state index contributed by atoms with van der Waals surface area (Å²) in [6, 6.07) is 7.12. The lowest BCUT2D eigenvalue weighted by atomic mass is 9.79. The molecule has 0 aliphatic heterocycles. The van der Waals surface area contributed by atoms with Crippen molar-refractivity contribution < 1.29 is 19.5 Å². The molecule has 1 amide bonds. The summed E-state index contributed by atoms with van der Waals surface area (Å²) in [5.41, 5.74) is 4.34. The highest BCUT2D eigenvalue weighted by molar-refractivity contribution is 6.03. The molecule has 6 heteroatoms. The largest absolute Gasteiger partial charge is 0.480 e. The number of carbonyl (C=O) groups excluding carboxylic acids is 2. The van der Waals surface area contributed by atoms with E-state index in [0.717, 1.165) is 19.3 Å². The average Bonchev–Trinajstić information content (AvgIpc) is 2.95. The molecule has 1 aliphatic rings. The van der Waals surface area contributed by atoms with Gasteiger partial charge in [-0.2, -0.15) is 0 Å². The summed E-state index contributed by atoms with van der Waals surface area (Å²) in [5.74, 6) is -1.57. The fraction of sp³-hybridized carbons (Fsp3) is 0.409. The molecule has 2 unspecified atom stereocenters. The smallest absolute Gasteiger partial charge is 0.326 e. The fourth-order valence-electron chi connectivity index (χ4n) is 4.34. The number of hydrogen-bond donors (Lipinski definition) is 3. The van der Waals surface area contributed by atoms with E-state index >= 15 is 0 Å². The first-order valence-electron chi connectivity index (χ1n) is 9.61. The third-order valence-corrected chi connectivity index (χ3v) is 5.63. The first-order chi connectivity index (χ1) is 13.3. The van der Waals surface area contributed by atoms with E-state index in [1.807, 2.05) is 12.1 Å². The van der Waals surface area contributed by atoms with Crippen molar-refractivity contribution in [3.05, 3.63) is 57.9 Å². The molecule has 28 heavy (non-hydrogen) atoms. The molecule has 0 bridgehead atoms. The Hall–Kier alpha value is -2.89. The number of ketones is 1. The zero-order valence-electron chi connectivity index (χ0n) is 16.5. The highest BCUT2D eigenvalue weighted by Crippen LogP contribution is 2.34. The van der Waals surface area contributed by atoms with Crippen LogP contribution in [0.2, 0.25) is 0 Å². The van der Waals surface area contributed by atoms with Gasteiger partial charge in [0.15, 0.2) is 5.78 Å². The molecule has 0 radical (unpaired) electrons. The van der Waals surface area contributed by atoms with E-state index in [0.29, 0.717) is 23.2 Å². The number of aromatic nitrogens is 1. The molecule has 1 aliphatic carbocycles. The number of aromatic amines is 1. The molecular weight excluding hydrogens is 356 g/mol. The van der Waals surface area contributed by atoms with Crippen LogP contribution in [-0.4, -0.2) is 33.8 Å². The molecule has 148 valence electrons. The SMILES string of the molecule is CC(=O)c1c(C)[nH]c(C(=O)NC(CC2CCCc3ccccc32)C(=O)O)c1C. The molecule has 0 spiro atoms. The minimum Gasteiger partial charge on any atom is -0.480 e. The van der Waals surface area contributed by atoms with Gasteiger partial charge in [-0.05, 0) is 69.1 Å². The third-order valence-electron chi connectivity index (χ3n) is 5.63. The van der Waals surface area contributed by atoms with E-state index < -0.39 is 17.9 Å². The summed E-state index contributed by atoms with van der Waals surface area (Å²) in [4.78, 5) is 39.3. The van der Waals surface area contributed by atoms with Crippen LogP contribution in [0, 0.1) is 13.8 Å². The van der Waals surface area contributed by atoms with Crippen molar-refractivity contribution in [3.63, 3.8) is 0 Å². The van der Waals surface area contributed by atoms with Gasteiger partial charge in [-0.25, -0.2) is 4.79 Å². The zero-order valence-corrected chi connectivity index (χ0v) is 16.5. The van der Waals surface area contributed by atoms with Gasteiger partial charge in [0.1, 0.15) is 11.7 Å². The maximum Gasteiger partial charge on any atom is 0.326 e. The molecule has 1 heterocycles. The Bertz CT molecular complexity index is 929. The predicted molar refractivity (Wildman–Crippen MR) is 106 cm³/mol. The molecule has 0 saturated heterocycles. The van der Waals surface area contributed by atoms with Gasteiger partial charge in [-0.3, -0.25) is 9.59 Å². The van der Waals surface area contributed by atoms with Crippen LogP contribution >= 0.6 is 0 Å². The third kappa shape index (κ3) is 3.86. The van der Waals surface area contributed by atoms with E-state index in [2.05, 4.69) is 22.4 Å². The fourth-order valence-corrected chi connectivity index (χ4v) is 4.34. The summed E-state index contributed by atoms with van der Waals surface area (Å²) in [6.45, 7) is 4.88. The lowest BCUT2D eigenvalue weighted by molar-refractivity contribution is -0.139. The number of rotatable bonds is 6. The van der Waals surface area contributed by atoms with E-state index in [4.69, 9.17) is 0 Å². The Labute approximate surface area is 164 Å². The van der Waals surface area contributed by atoms with Crippen molar-refractivity contribution in [3.8, 4) is 0 Å². The number of benzene rings is 1. The molecule has 3 N–H and O–H groups in total. The monoisotopic (exact) mass is 382 g/mol. The number of nitrogens with one attached hydrogen (secondary N) is 2. The average molecular weight is 382 g/mol. The van der Waals surface area contributed by atoms with Gasteiger partial charge in [-0.1, -0.05) is 24.3 Å². The summed E-state index contributed by atoms with van der Waals surface area (Å²) >= 11 is 0. The maximum atomic E-state index is 12.7. The second-order valence-corrected chi connectivity index (χ2v) is 7.57. The molecule has 2 aromatic rings. The van der Waals surface area contributed by atoms with Crippen molar-refractivity contribution in [1.29, 1.82) is 0 Å². The van der Waals surface area contributed by atoms with E-state index in [1.165, 1.54) is 18.1 Å². The van der Waals surface area contributed by atoms with Crippen LogP contribution in [0.5, 0.6) is 0 Å². The number of H-pyrrole nitrogens is 1. The number of carboxylic acids is 1. The minimum absolute atomic E-state index is 0.102. The highest BCUT2D eigenvalue weighted by Gasteiger charge is 2.29. The molecule has 6 nitrogen and oxygen atoms in total. The first kappa shape index (κ1) is 19.9. The molecule has 0 saturated carbocycles. The Balaban J connectivity index is 1.80. The van der Waals surface area contributed by atoms with Crippen molar-refractivity contribution in [2.45, 2.75) is 58.4 Å². The number of aryl methyl sites for hydroxylation is 2. The van der Waals surface area contributed by atoms with Crippen LogP contribution in [-0.2, 0) is 11.2 Å². The lowest BCUT2D eigenvalue weighted by Gasteiger charge is -2.28. The molecule has 0 fully saturated rings. The van der Waals surface area contributed by atoms with Gasteiger partial charge >= 0.3 is 5.97 Å².